The third-order valence-corrected chi connectivity index (χ3v) is 10.7. The van der Waals surface area contributed by atoms with E-state index in [0.29, 0.717) is 12.8 Å². The van der Waals surface area contributed by atoms with Crippen LogP contribution in [0, 0.1) is 5.92 Å². The van der Waals surface area contributed by atoms with Gasteiger partial charge in [-0.2, -0.15) is 0 Å². The molecule has 3 aliphatic rings. The van der Waals surface area contributed by atoms with Crippen molar-refractivity contribution >= 4 is 24.2 Å². The van der Waals surface area contributed by atoms with E-state index >= 15 is 0 Å². The Morgan fingerprint density at radius 2 is 1.19 bits per heavy atom. The second-order valence-corrected chi connectivity index (χ2v) is 15.0. The molecule has 14 heteroatoms. The highest BCUT2D eigenvalue weighted by Gasteiger charge is 2.53. The summed E-state index contributed by atoms with van der Waals surface area (Å²) >= 11 is 0. The van der Waals surface area contributed by atoms with Gasteiger partial charge in [-0.25, -0.2) is 14.4 Å². The van der Waals surface area contributed by atoms with Crippen molar-refractivity contribution in [3.8, 4) is 0 Å². The average molecular weight is 808 g/mol. The van der Waals surface area contributed by atoms with Gasteiger partial charge in [0.1, 0.15) is 38.1 Å². The number of nitrogens with zero attached hydrogens (tertiary/aromatic N) is 1. The van der Waals surface area contributed by atoms with E-state index in [1.807, 2.05) is 121 Å². The van der Waals surface area contributed by atoms with Gasteiger partial charge in [-0.05, 0) is 41.5 Å². The number of nitrogens with one attached hydrogen (secondary N) is 2. The van der Waals surface area contributed by atoms with Crippen LogP contribution in [-0.4, -0.2) is 83.6 Å². The predicted octanol–water partition coefficient (Wildman–Crippen LogP) is 6.00. The lowest BCUT2D eigenvalue weighted by Gasteiger charge is -2.45. The molecule has 7 rings (SSSR count). The summed E-state index contributed by atoms with van der Waals surface area (Å²) < 4.78 is 35.5. The molecule has 8 atom stereocenters. The molecule has 14 nitrogen and oxygen atoms in total. The Morgan fingerprint density at radius 3 is 1.75 bits per heavy atom. The molecule has 59 heavy (non-hydrogen) atoms. The lowest BCUT2D eigenvalue weighted by Crippen LogP contribution is -2.62. The van der Waals surface area contributed by atoms with Gasteiger partial charge < -0.3 is 49.1 Å². The first-order chi connectivity index (χ1) is 28.8. The summed E-state index contributed by atoms with van der Waals surface area (Å²) in [5.74, 6) is -0.843. The van der Waals surface area contributed by atoms with E-state index in [2.05, 4.69) is 10.6 Å². The number of alkyl carbamates (subject to hydrolysis) is 2. The smallest absolute Gasteiger partial charge is 0.410 e. The Kier molecular flexibility index (Phi) is 14.1. The molecule has 2 heterocycles. The number of aliphatic hydroxyl groups is 1. The van der Waals surface area contributed by atoms with Crippen LogP contribution in [0.5, 0.6) is 0 Å². The van der Waals surface area contributed by atoms with Crippen LogP contribution >= 0.6 is 0 Å². The lowest BCUT2D eigenvalue weighted by molar-refractivity contribution is -0.259. The fourth-order valence-corrected chi connectivity index (χ4v) is 7.70. The van der Waals surface area contributed by atoms with E-state index in [0.717, 1.165) is 22.3 Å². The molecule has 0 aromatic heterocycles. The highest BCUT2D eigenvalue weighted by Crippen LogP contribution is 2.38. The van der Waals surface area contributed by atoms with Gasteiger partial charge in [-0.15, -0.1) is 0 Å². The van der Waals surface area contributed by atoms with Gasteiger partial charge in [0, 0.05) is 12.5 Å². The quantitative estimate of drug-likeness (QED) is 0.101. The first kappa shape index (κ1) is 41.2. The Balaban J connectivity index is 1.09. The summed E-state index contributed by atoms with van der Waals surface area (Å²) in [5, 5.41) is 17.4. The molecule has 0 spiro atoms. The molecule has 3 N–H and O–H groups in total. The van der Waals surface area contributed by atoms with Gasteiger partial charge in [0.25, 0.3) is 0 Å². The molecule has 8 unspecified atom stereocenters. The van der Waals surface area contributed by atoms with Crippen molar-refractivity contribution in [1.82, 2.24) is 15.5 Å². The first-order valence-corrected chi connectivity index (χ1v) is 19.9. The maximum absolute atomic E-state index is 13.7. The standard InChI is InChI=1S/C45H49N3O11/c49-38-24-34-23-37(47-44(52)55-28-32-17-9-3-10-18-32)41(39(50)40(34)58-38)59-42-36(46-43(51)54-27-31-15-7-2-8-16-31)22-21-35(57-42)26-48(25-30-13-5-1-6-14-30)45(53)56-29-33-19-11-4-12-20-33/h1-20,34-37,39-42,50H,21-29H2,(H,46,51)(H,47,52). The zero-order valence-electron chi connectivity index (χ0n) is 32.5. The number of carbonyl (C=O) groups is 4. The summed E-state index contributed by atoms with van der Waals surface area (Å²) in [6.07, 6.45) is -6.14. The molecule has 2 aliphatic heterocycles. The third-order valence-electron chi connectivity index (χ3n) is 10.7. The van der Waals surface area contributed by atoms with Crippen molar-refractivity contribution in [1.29, 1.82) is 0 Å². The predicted molar refractivity (Wildman–Crippen MR) is 212 cm³/mol. The maximum atomic E-state index is 13.7. The van der Waals surface area contributed by atoms with Crippen molar-refractivity contribution in [2.45, 2.75) is 94.8 Å². The summed E-state index contributed by atoms with van der Waals surface area (Å²) in [6.45, 7) is 0.463. The van der Waals surface area contributed by atoms with Crippen LogP contribution in [0.15, 0.2) is 121 Å². The lowest BCUT2D eigenvalue weighted by atomic mass is 9.79. The topological polar surface area (TPSA) is 171 Å². The minimum absolute atomic E-state index is 0.0128. The number of benzene rings is 4. The van der Waals surface area contributed by atoms with Crippen molar-refractivity contribution in [2.24, 2.45) is 5.92 Å². The highest BCUT2D eigenvalue weighted by atomic mass is 16.7. The number of hydrogen-bond donors (Lipinski definition) is 3. The van der Waals surface area contributed by atoms with Gasteiger partial charge in [-0.3, -0.25) is 4.79 Å². The molecule has 4 aromatic carbocycles. The van der Waals surface area contributed by atoms with Crippen molar-refractivity contribution < 1.29 is 52.7 Å². The van der Waals surface area contributed by atoms with Crippen molar-refractivity contribution in [3.63, 3.8) is 0 Å². The van der Waals surface area contributed by atoms with Crippen molar-refractivity contribution in [3.05, 3.63) is 144 Å². The first-order valence-electron chi connectivity index (χ1n) is 19.9. The molecule has 0 bridgehead atoms. The molecule has 1 aliphatic carbocycles. The Hall–Kier alpha value is -5.96. The van der Waals surface area contributed by atoms with Crippen LogP contribution in [0.25, 0.3) is 0 Å². The number of carbonyl (C=O) groups excluding carboxylic acids is 4. The molecular weight excluding hydrogens is 759 g/mol. The second-order valence-electron chi connectivity index (χ2n) is 15.0. The number of amides is 3. The zero-order valence-corrected chi connectivity index (χ0v) is 32.5. The maximum Gasteiger partial charge on any atom is 0.410 e. The number of aliphatic hydroxyl groups excluding tert-OH is 1. The molecule has 2 saturated heterocycles. The van der Waals surface area contributed by atoms with Gasteiger partial charge >= 0.3 is 24.2 Å². The van der Waals surface area contributed by atoms with Crippen LogP contribution in [0.4, 0.5) is 14.4 Å². The highest BCUT2D eigenvalue weighted by molar-refractivity contribution is 5.72. The van der Waals surface area contributed by atoms with E-state index in [4.69, 9.17) is 28.4 Å². The molecule has 3 fully saturated rings. The van der Waals surface area contributed by atoms with E-state index in [9.17, 15) is 24.3 Å². The molecule has 310 valence electrons. The van der Waals surface area contributed by atoms with Gasteiger partial charge in [0.05, 0.1) is 31.2 Å². The van der Waals surface area contributed by atoms with Crippen LogP contribution in [0.2, 0.25) is 0 Å². The Morgan fingerprint density at radius 1 is 0.678 bits per heavy atom. The molecule has 0 radical (unpaired) electrons. The number of fused-ring (bicyclic) bond motifs is 1. The van der Waals surface area contributed by atoms with E-state index in [-0.39, 0.29) is 51.7 Å². The average Bonchev–Trinajstić information content (AvgIpc) is 3.64. The number of hydrogen-bond acceptors (Lipinski definition) is 11. The number of ether oxygens (including phenoxy) is 6. The zero-order chi connectivity index (χ0) is 41.0. The Labute approximate surface area is 342 Å². The molecule has 4 aromatic rings. The third kappa shape index (κ3) is 11.6. The summed E-state index contributed by atoms with van der Waals surface area (Å²) in [4.78, 5) is 54.1. The molecule has 3 amide bonds. The van der Waals surface area contributed by atoms with E-state index < -0.39 is 67.0 Å². The number of rotatable bonds is 14. The van der Waals surface area contributed by atoms with Gasteiger partial charge in [0.15, 0.2) is 6.29 Å². The van der Waals surface area contributed by atoms with E-state index in [1.165, 1.54) is 0 Å². The van der Waals surface area contributed by atoms with Crippen LogP contribution in [0.3, 0.4) is 0 Å². The summed E-state index contributed by atoms with van der Waals surface area (Å²) in [6, 6.07) is 35.7. The summed E-state index contributed by atoms with van der Waals surface area (Å²) in [7, 11) is 0. The van der Waals surface area contributed by atoms with Crippen LogP contribution in [-0.2, 0) is 59.6 Å². The molecular formula is C45H49N3O11. The Bertz CT molecular complexity index is 1970. The minimum Gasteiger partial charge on any atom is -0.459 e. The number of esters is 1. The van der Waals surface area contributed by atoms with Crippen molar-refractivity contribution in [2.75, 3.05) is 6.54 Å². The fraction of sp³-hybridized carbons (Fsp3) is 0.378. The van der Waals surface area contributed by atoms with Gasteiger partial charge in [-0.1, -0.05) is 121 Å². The monoisotopic (exact) mass is 807 g/mol. The fourth-order valence-electron chi connectivity index (χ4n) is 7.70. The van der Waals surface area contributed by atoms with Crippen LogP contribution in [0.1, 0.15) is 47.9 Å². The largest absolute Gasteiger partial charge is 0.459 e. The molecule has 1 saturated carbocycles. The SMILES string of the molecule is O=C1CC2CC(NC(=O)OCc3ccccc3)C(OC3OC(CN(Cc4ccccc4)C(=O)OCc4ccccc4)CCC3NC(=O)OCc3ccccc3)C(O)C2O1. The van der Waals surface area contributed by atoms with Gasteiger partial charge in [0.2, 0.25) is 0 Å². The van der Waals surface area contributed by atoms with Crippen LogP contribution < -0.4 is 10.6 Å². The summed E-state index contributed by atoms with van der Waals surface area (Å²) in [5.41, 5.74) is 3.30. The van der Waals surface area contributed by atoms with E-state index in [1.54, 1.807) is 4.90 Å². The minimum atomic E-state index is -1.36. The second kappa shape index (κ2) is 20.1. The normalized spacial score (nSPS) is 24.8.